The minimum Gasteiger partial charge on any atom is -0.471 e. The average molecular weight is 612 g/mol. The molecule has 1 aromatic heterocycles. The van der Waals surface area contributed by atoms with Crippen molar-refractivity contribution >= 4 is 29.3 Å². The number of nitriles is 1. The fourth-order valence-electron chi connectivity index (χ4n) is 6.51. The highest BCUT2D eigenvalue weighted by Crippen LogP contribution is 2.50. The fourth-order valence-corrected chi connectivity index (χ4v) is 6.51. The number of hydrogen-bond donors (Lipinski definition) is 1. The van der Waals surface area contributed by atoms with Crippen LogP contribution in [0.1, 0.15) is 84.4 Å². The van der Waals surface area contributed by atoms with Crippen LogP contribution in [0.15, 0.2) is 18.2 Å². The highest BCUT2D eigenvalue weighted by atomic mass is 19.3. The Morgan fingerprint density at radius 1 is 1.20 bits per heavy atom. The first-order valence-corrected chi connectivity index (χ1v) is 15.2. The molecule has 1 saturated heterocycles. The van der Waals surface area contributed by atoms with Gasteiger partial charge in [-0.15, -0.1) is 0 Å². The zero-order valence-corrected chi connectivity index (χ0v) is 25.7. The maximum absolute atomic E-state index is 15.9. The molecule has 3 heterocycles. The maximum atomic E-state index is 15.9. The molecule has 1 N–H and O–H groups in total. The van der Waals surface area contributed by atoms with Crippen molar-refractivity contribution < 1.29 is 32.6 Å². The van der Waals surface area contributed by atoms with Crippen LogP contribution < -0.4 is 10.1 Å². The predicted octanol–water partition coefficient (Wildman–Crippen LogP) is 5.27. The molecule has 5 rings (SSSR count). The largest absolute Gasteiger partial charge is 0.471 e. The number of nitrogens with one attached hydrogen (secondary N) is 1. The van der Waals surface area contributed by atoms with Gasteiger partial charge in [-0.25, -0.2) is 14.8 Å². The van der Waals surface area contributed by atoms with Gasteiger partial charge in [-0.3, -0.25) is 4.79 Å². The molecular weight excluding hydrogens is 572 g/mol. The van der Waals surface area contributed by atoms with Crippen LogP contribution in [-0.2, 0) is 20.2 Å². The lowest BCUT2D eigenvalue weighted by Gasteiger charge is -2.35. The van der Waals surface area contributed by atoms with E-state index in [0.29, 0.717) is 32.0 Å². The van der Waals surface area contributed by atoms with Gasteiger partial charge in [0.25, 0.3) is 5.92 Å². The number of alkyl carbamates (subject to hydrolysis) is 1. The van der Waals surface area contributed by atoms with Crippen molar-refractivity contribution in [2.24, 2.45) is 17.3 Å². The van der Waals surface area contributed by atoms with Crippen molar-refractivity contribution in [3.8, 4) is 11.9 Å². The monoisotopic (exact) mass is 611 g/mol. The Balaban J connectivity index is 1.59. The van der Waals surface area contributed by atoms with Crippen molar-refractivity contribution in [3.63, 3.8) is 0 Å². The molecule has 2 aliphatic heterocycles. The lowest BCUT2D eigenvalue weighted by Crippen LogP contribution is -2.56. The zero-order chi connectivity index (χ0) is 32.0. The van der Waals surface area contributed by atoms with Crippen LogP contribution in [0, 0.1) is 28.6 Å². The summed E-state index contributed by atoms with van der Waals surface area (Å²) in [5, 5.41) is 12.1. The first-order chi connectivity index (χ1) is 20.7. The van der Waals surface area contributed by atoms with Gasteiger partial charge in [0, 0.05) is 18.3 Å². The summed E-state index contributed by atoms with van der Waals surface area (Å²) in [6.45, 7) is 8.95. The van der Waals surface area contributed by atoms with Crippen LogP contribution in [0.2, 0.25) is 0 Å². The van der Waals surface area contributed by atoms with Gasteiger partial charge in [-0.2, -0.15) is 14.0 Å². The summed E-state index contributed by atoms with van der Waals surface area (Å²) in [5.74, 6) is -4.80. The number of carbonyl (C=O) groups excluding carboxylic acids is 3. The summed E-state index contributed by atoms with van der Waals surface area (Å²) >= 11 is 0. The molecule has 10 nitrogen and oxygen atoms in total. The van der Waals surface area contributed by atoms with Gasteiger partial charge < -0.3 is 24.5 Å². The Labute approximate surface area is 255 Å². The van der Waals surface area contributed by atoms with E-state index in [0.717, 1.165) is 0 Å². The summed E-state index contributed by atoms with van der Waals surface area (Å²) < 4.78 is 43.8. The minimum atomic E-state index is -3.39. The number of aromatic nitrogens is 2. The SMILES string of the molecule is CC[C@@H]1[C@@H]2CN(C(=O)[C@H](C(C)(C)C)NC(=O)O[C@]3(C)C[C@H]3CCCCC(F)(F)c3nc4ccc(C#N)cc4nc3O2)[C@@H]1C=O. The van der Waals surface area contributed by atoms with Crippen molar-refractivity contribution in [2.45, 2.75) is 103 Å². The third kappa shape index (κ3) is 6.06. The molecule has 2 amide bonds. The molecule has 2 aromatic rings. The van der Waals surface area contributed by atoms with Crippen LogP contribution in [0.5, 0.6) is 5.88 Å². The van der Waals surface area contributed by atoms with Crippen LogP contribution in [-0.4, -0.2) is 63.5 Å². The van der Waals surface area contributed by atoms with Crippen LogP contribution in [0.4, 0.5) is 13.6 Å². The van der Waals surface area contributed by atoms with E-state index in [2.05, 4.69) is 15.3 Å². The molecule has 1 aliphatic carbocycles. The second-order valence-corrected chi connectivity index (χ2v) is 13.5. The second-order valence-electron chi connectivity index (χ2n) is 13.5. The first kappa shape index (κ1) is 31.5. The van der Waals surface area contributed by atoms with Gasteiger partial charge >= 0.3 is 6.09 Å². The Kier molecular flexibility index (Phi) is 8.29. The zero-order valence-electron chi connectivity index (χ0n) is 25.7. The molecule has 2 bridgehead atoms. The van der Waals surface area contributed by atoms with E-state index in [1.807, 2.05) is 19.9 Å². The number of rotatable bonds is 2. The molecular formula is C32H39F2N5O5. The lowest BCUT2D eigenvalue weighted by atomic mass is 9.85. The average Bonchev–Trinajstić information content (AvgIpc) is 3.45. The van der Waals surface area contributed by atoms with Crippen molar-refractivity contribution in [1.82, 2.24) is 20.2 Å². The smallest absolute Gasteiger partial charge is 0.408 e. The van der Waals surface area contributed by atoms with E-state index >= 15 is 8.78 Å². The van der Waals surface area contributed by atoms with Crippen molar-refractivity contribution in [2.75, 3.05) is 6.54 Å². The molecule has 2 fully saturated rings. The van der Waals surface area contributed by atoms with Crippen LogP contribution >= 0.6 is 0 Å². The minimum absolute atomic E-state index is 0.0160. The molecule has 0 radical (unpaired) electrons. The number of ether oxygens (including phenoxy) is 2. The number of alkyl halides is 2. The standard InChI is InChI=1S/C32H39F2N5O5/c1-6-20-23(17-40)39-16-24(20)43-27-25(36-21-11-10-18(15-35)13-22(21)37-27)32(33,34)12-8-7-9-19-14-31(19,5)44-29(42)38-26(28(39)41)30(2,3)4/h10-11,13,17,19-20,23-24,26H,6-9,12,14,16H2,1-5H3,(H,38,42)/t19-,20+,23-,24+,26-,31-/m1/s1. The summed E-state index contributed by atoms with van der Waals surface area (Å²) in [6.07, 6.45) is 0.849. The number of amides is 2. The van der Waals surface area contributed by atoms with Gasteiger partial charge in [0.15, 0.2) is 5.69 Å². The number of nitrogens with zero attached hydrogens (tertiary/aromatic N) is 4. The fraction of sp³-hybridized carbons (Fsp3) is 0.625. The number of carbonyl (C=O) groups is 3. The first-order valence-electron chi connectivity index (χ1n) is 15.2. The summed E-state index contributed by atoms with van der Waals surface area (Å²) in [7, 11) is 0. The van der Waals surface area contributed by atoms with E-state index < -0.39 is 65.2 Å². The molecule has 12 heteroatoms. The molecule has 3 aliphatic rings. The van der Waals surface area contributed by atoms with E-state index in [1.54, 1.807) is 20.8 Å². The Bertz CT molecular complexity index is 1500. The summed E-state index contributed by atoms with van der Waals surface area (Å²) in [5.41, 5.74) is -1.40. The van der Waals surface area contributed by atoms with E-state index in [9.17, 15) is 19.6 Å². The molecule has 1 saturated carbocycles. The number of halogens is 2. The van der Waals surface area contributed by atoms with Gasteiger partial charge in [0.05, 0.1) is 35.3 Å². The molecule has 0 unspecified atom stereocenters. The van der Waals surface area contributed by atoms with Gasteiger partial charge in [-0.05, 0) is 56.2 Å². The van der Waals surface area contributed by atoms with E-state index in [-0.39, 0.29) is 41.4 Å². The normalized spacial score (nSPS) is 30.9. The Morgan fingerprint density at radius 2 is 1.95 bits per heavy atom. The number of aldehydes is 1. The molecule has 6 atom stereocenters. The van der Waals surface area contributed by atoms with Gasteiger partial charge in [0.2, 0.25) is 11.8 Å². The Hall–Kier alpha value is -3.88. The number of fused-ring (bicyclic) bond motifs is 5. The number of hydrogen-bond acceptors (Lipinski definition) is 8. The van der Waals surface area contributed by atoms with Gasteiger partial charge in [-0.1, -0.05) is 34.1 Å². The van der Waals surface area contributed by atoms with Crippen molar-refractivity contribution in [3.05, 3.63) is 29.5 Å². The quantitative estimate of drug-likeness (QED) is 0.454. The lowest BCUT2D eigenvalue weighted by molar-refractivity contribution is -0.139. The third-order valence-corrected chi connectivity index (χ3v) is 9.27. The maximum Gasteiger partial charge on any atom is 0.408 e. The van der Waals surface area contributed by atoms with E-state index in [4.69, 9.17) is 9.47 Å². The molecule has 1 aromatic carbocycles. The summed E-state index contributed by atoms with van der Waals surface area (Å²) in [4.78, 5) is 49.6. The molecule has 236 valence electrons. The predicted molar refractivity (Wildman–Crippen MR) is 156 cm³/mol. The molecule has 0 spiro atoms. The second kappa shape index (κ2) is 11.6. The Morgan fingerprint density at radius 3 is 2.61 bits per heavy atom. The topological polar surface area (TPSA) is 135 Å². The van der Waals surface area contributed by atoms with Gasteiger partial charge in [0.1, 0.15) is 24.0 Å². The highest BCUT2D eigenvalue weighted by molar-refractivity contribution is 5.89. The van der Waals surface area contributed by atoms with Crippen LogP contribution in [0.3, 0.4) is 0 Å². The third-order valence-electron chi connectivity index (χ3n) is 9.27. The number of benzene rings is 1. The molecule has 44 heavy (non-hydrogen) atoms. The van der Waals surface area contributed by atoms with Crippen molar-refractivity contribution in [1.29, 1.82) is 5.26 Å². The van der Waals surface area contributed by atoms with Crippen LogP contribution in [0.25, 0.3) is 11.0 Å². The van der Waals surface area contributed by atoms with E-state index in [1.165, 1.54) is 23.1 Å². The summed E-state index contributed by atoms with van der Waals surface area (Å²) in [6, 6.07) is 4.49. The highest BCUT2D eigenvalue weighted by Gasteiger charge is 2.54.